The minimum atomic E-state index is -0.516. The molecule has 76 valence electrons. The van der Waals surface area contributed by atoms with Gasteiger partial charge in [-0.3, -0.25) is 4.79 Å². The molecule has 0 aliphatic carbocycles. The van der Waals surface area contributed by atoms with Crippen LogP contribution in [-0.4, -0.2) is 18.6 Å². The van der Waals surface area contributed by atoms with Crippen LogP contribution in [0.5, 0.6) is 5.75 Å². The number of hydrogen-bond acceptors (Lipinski definition) is 3. The first-order valence-corrected chi connectivity index (χ1v) is 4.80. The summed E-state index contributed by atoms with van der Waals surface area (Å²) in [4.78, 5) is 11.3. The molecule has 0 saturated carbocycles. The van der Waals surface area contributed by atoms with Crippen molar-refractivity contribution in [1.29, 1.82) is 0 Å². The molecule has 0 amide bonds. The zero-order valence-corrected chi connectivity index (χ0v) is 8.68. The fourth-order valence-corrected chi connectivity index (χ4v) is 1.29. The number of thiol groups is 1. The van der Waals surface area contributed by atoms with Crippen molar-refractivity contribution in [3.63, 3.8) is 0 Å². The van der Waals surface area contributed by atoms with Crippen LogP contribution < -0.4 is 4.74 Å². The van der Waals surface area contributed by atoms with Gasteiger partial charge in [0.2, 0.25) is 0 Å². The van der Waals surface area contributed by atoms with Crippen LogP contribution in [-0.2, 0) is 0 Å². The molecular formula is C10H11FO2S. The maximum atomic E-state index is 13.2. The third kappa shape index (κ3) is 2.48. The number of rotatable bonds is 4. The highest BCUT2D eigenvalue weighted by atomic mass is 32.1. The summed E-state index contributed by atoms with van der Waals surface area (Å²) in [5.74, 6) is -0.0153. The van der Waals surface area contributed by atoms with E-state index in [1.807, 2.05) is 0 Å². The molecule has 1 aromatic carbocycles. The fourth-order valence-electron chi connectivity index (χ4n) is 1.09. The van der Waals surface area contributed by atoms with E-state index < -0.39 is 5.82 Å². The highest BCUT2D eigenvalue weighted by Crippen LogP contribution is 2.18. The Morgan fingerprint density at radius 3 is 2.79 bits per heavy atom. The lowest BCUT2D eigenvalue weighted by Gasteiger charge is -2.03. The second kappa shape index (κ2) is 5.00. The van der Waals surface area contributed by atoms with Crippen LogP contribution in [0.2, 0.25) is 0 Å². The standard InChI is InChI=1S/C10H11FO2S/c1-13-10-3-2-7(6-8(10)11)9(12)4-5-14/h2-3,6,14H,4-5H2,1H3. The highest BCUT2D eigenvalue weighted by molar-refractivity contribution is 7.80. The molecule has 2 nitrogen and oxygen atoms in total. The van der Waals surface area contributed by atoms with Gasteiger partial charge in [-0.2, -0.15) is 12.6 Å². The number of ether oxygens (including phenoxy) is 1. The lowest BCUT2D eigenvalue weighted by molar-refractivity contribution is 0.0989. The molecule has 14 heavy (non-hydrogen) atoms. The number of halogens is 1. The second-order valence-electron chi connectivity index (χ2n) is 2.75. The number of hydrogen-bond donors (Lipinski definition) is 1. The van der Waals surface area contributed by atoms with Gasteiger partial charge in [-0.1, -0.05) is 0 Å². The van der Waals surface area contributed by atoms with Crippen molar-refractivity contribution in [1.82, 2.24) is 0 Å². The Kier molecular flexibility index (Phi) is 3.95. The molecule has 1 rings (SSSR count). The van der Waals surface area contributed by atoms with Crippen molar-refractivity contribution < 1.29 is 13.9 Å². The Morgan fingerprint density at radius 1 is 1.57 bits per heavy atom. The van der Waals surface area contributed by atoms with Gasteiger partial charge in [0.25, 0.3) is 0 Å². The Morgan fingerprint density at radius 2 is 2.29 bits per heavy atom. The van der Waals surface area contributed by atoms with Crippen molar-refractivity contribution in [2.24, 2.45) is 0 Å². The summed E-state index contributed by atoms with van der Waals surface area (Å²) < 4.78 is 17.9. The molecule has 0 aromatic heterocycles. The van der Waals surface area contributed by atoms with E-state index in [4.69, 9.17) is 4.74 Å². The van der Waals surface area contributed by atoms with E-state index in [-0.39, 0.29) is 11.5 Å². The van der Waals surface area contributed by atoms with Gasteiger partial charge in [-0.25, -0.2) is 4.39 Å². The minimum absolute atomic E-state index is 0.110. The average molecular weight is 214 g/mol. The monoisotopic (exact) mass is 214 g/mol. The molecule has 0 radical (unpaired) electrons. The number of benzene rings is 1. The molecule has 0 aliphatic heterocycles. The molecule has 0 spiro atoms. The van der Waals surface area contributed by atoms with Crippen LogP contribution in [0.3, 0.4) is 0 Å². The third-order valence-electron chi connectivity index (χ3n) is 1.81. The average Bonchev–Trinajstić information content (AvgIpc) is 2.18. The topological polar surface area (TPSA) is 26.3 Å². The minimum Gasteiger partial charge on any atom is -0.494 e. The van der Waals surface area contributed by atoms with Gasteiger partial charge in [0.05, 0.1) is 7.11 Å². The molecule has 4 heteroatoms. The number of Topliss-reactive ketones (excluding diaryl/α,β-unsaturated/α-hetero) is 1. The van der Waals surface area contributed by atoms with E-state index in [1.54, 1.807) is 6.07 Å². The lowest BCUT2D eigenvalue weighted by Crippen LogP contribution is -2.01. The number of carbonyl (C=O) groups excluding carboxylic acids is 1. The van der Waals surface area contributed by atoms with Crippen LogP contribution in [0.4, 0.5) is 4.39 Å². The summed E-state index contributed by atoms with van der Waals surface area (Å²) >= 11 is 3.94. The molecule has 0 heterocycles. The van der Waals surface area contributed by atoms with E-state index >= 15 is 0 Å². The van der Waals surface area contributed by atoms with Crippen LogP contribution >= 0.6 is 12.6 Å². The summed E-state index contributed by atoms with van der Waals surface area (Å²) in [5, 5.41) is 0. The molecule has 0 unspecified atom stereocenters. The van der Waals surface area contributed by atoms with E-state index in [2.05, 4.69) is 12.6 Å². The van der Waals surface area contributed by atoms with E-state index in [9.17, 15) is 9.18 Å². The summed E-state index contributed by atoms with van der Waals surface area (Å²) in [6, 6.07) is 4.18. The number of ketones is 1. The first-order chi connectivity index (χ1) is 6.69. The molecule has 0 fully saturated rings. The van der Waals surface area contributed by atoms with Crippen molar-refractivity contribution in [3.05, 3.63) is 29.6 Å². The number of carbonyl (C=O) groups is 1. The molecule has 0 aliphatic rings. The first kappa shape index (κ1) is 11.0. The fraction of sp³-hybridized carbons (Fsp3) is 0.300. The Bertz CT molecular complexity index is 339. The smallest absolute Gasteiger partial charge is 0.165 e. The van der Waals surface area contributed by atoms with Gasteiger partial charge in [0.15, 0.2) is 17.3 Å². The van der Waals surface area contributed by atoms with Crippen molar-refractivity contribution in [2.75, 3.05) is 12.9 Å². The van der Waals surface area contributed by atoms with Crippen molar-refractivity contribution in [3.8, 4) is 5.75 Å². The van der Waals surface area contributed by atoms with E-state index in [0.717, 1.165) is 0 Å². The maximum absolute atomic E-state index is 13.2. The molecular weight excluding hydrogens is 203 g/mol. The molecule has 0 N–H and O–H groups in total. The van der Waals surface area contributed by atoms with Gasteiger partial charge in [-0.15, -0.1) is 0 Å². The van der Waals surface area contributed by atoms with Crippen LogP contribution in [0.1, 0.15) is 16.8 Å². The summed E-state index contributed by atoms with van der Waals surface area (Å²) in [6.07, 6.45) is 0.314. The first-order valence-electron chi connectivity index (χ1n) is 4.16. The van der Waals surface area contributed by atoms with Gasteiger partial charge in [0.1, 0.15) is 0 Å². The quantitative estimate of drug-likeness (QED) is 0.615. The normalized spacial score (nSPS) is 9.93. The molecule has 0 bridgehead atoms. The van der Waals surface area contributed by atoms with E-state index in [1.165, 1.54) is 19.2 Å². The van der Waals surface area contributed by atoms with Gasteiger partial charge >= 0.3 is 0 Å². The van der Waals surface area contributed by atoms with Gasteiger partial charge < -0.3 is 4.74 Å². The van der Waals surface area contributed by atoms with Gasteiger partial charge in [0, 0.05) is 12.0 Å². The highest BCUT2D eigenvalue weighted by Gasteiger charge is 2.08. The summed E-state index contributed by atoms with van der Waals surface area (Å²) in [6.45, 7) is 0. The molecule has 1 aromatic rings. The molecule has 0 atom stereocenters. The Balaban J connectivity index is 2.91. The Labute approximate surface area is 87.5 Å². The van der Waals surface area contributed by atoms with Crippen molar-refractivity contribution in [2.45, 2.75) is 6.42 Å². The van der Waals surface area contributed by atoms with Crippen molar-refractivity contribution >= 4 is 18.4 Å². The Hall–Kier alpha value is -1.03. The summed E-state index contributed by atoms with van der Waals surface area (Å²) in [7, 11) is 1.38. The van der Waals surface area contributed by atoms with Gasteiger partial charge in [-0.05, 0) is 24.0 Å². The molecule has 0 saturated heterocycles. The van der Waals surface area contributed by atoms with Crippen LogP contribution in [0.25, 0.3) is 0 Å². The predicted molar refractivity (Wildman–Crippen MR) is 55.8 cm³/mol. The number of methoxy groups -OCH3 is 1. The van der Waals surface area contributed by atoms with Crippen LogP contribution in [0, 0.1) is 5.82 Å². The van der Waals surface area contributed by atoms with E-state index in [0.29, 0.717) is 17.7 Å². The second-order valence-corrected chi connectivity index (χ2v) is 3.19. The lowest BCUT2D eigenvalue weighted by atomic mass is 10.1. The summed E-state index contributed by atoms with van der Waals surface area (Å²) in [5.41, 5.74) is 0.359. The zero-order chi connectivity index (χ0) is 10.6. The zero-order valence-electron chi connectivity index (χ0n) is 7.79. The SMILES string of the molecule is COc1ccc(C(=O)CCS)cc1F. The van der Waals surface area contributed by atoms with Crippen LogP contribution in [0.15, 0.2) is 18.2 Å². The third-order valence-corrected chi connectivity index (χ3v) is 2.04. The predicted octanol–water partition coefficient (Wildman–Crippen LogP) is 2.34. The maximum Gasteiger partial charge on any atom is 0.165 e. The largest absolute Gasteiger partial charge is 0.494 e.